The van der Waals surface area contributed by atoms with Crippen LogP contribution in [0.4, 0.5) is 0 Å². The molecule has 156 valence electrons. The summed E-state index contributed by atoms with van der Waals surface area (Å²) in [6.07, 6.45) is 1.57. The van der Waals surface area contributed by atoms with E-state index in [-0.39, 0.29) is 17.6 Å². The number of aromatic nitrogens is 1. The van der Waals surface area contributed by atoms with Gasteiger partial charge in [0.1, 0.15) is 4.88 Å². The lowest BCUT2D eigenvalue weighted by molar-refractivity contribution is 0.0954. The van der Waals surface area contributed by atoms with E-state index in [9.17, 15) is 9.59 Å². The number of carbonyl (C=O) groups is 1. The van der Waals surface area contributed by atoms with Crippen molar-refractivity contribution in [2.75, 3.05) is 21.0 Å². The number of benzene rings is 2. The van der Waals surface area contributed by atoms with Gasteiger partial charge < -0.3 is 28.8 Å². The Morgan fingerprint density at radius 2 is 1.83 bits per heavy atom. The van der Waals surface area contributed by atoms with Gasteiger partial charge in [-0.2, -0.15) is 0 Å². The molecule has 8 nitrogen and oxygen atoms in total. The smallest absolute Gasteiger partial charge is 0.308 e. The minimum Gasteiger partial charge on any atom is -0.493 e. The van der Waals surface area contributed by atoms with E-state index in [0.717, 1.165) is 22.5 Å². The van der Waals surface area contributed by atoms with Gasteiger partial charge in [0.05, 0.1) is 20.8 Å². The molecule has 0 atom stereocenters. The van der Waals surface area contributed by atoms with E-state index in [2.05, 4.69) is 5.32 Å². The summed E-state index contributed by atoms with van der Waals surface area (Å²) in [7, 11) is 3.12. The SMILES string of the molecule is COc1ccc(CNC(=O)c2cn(Cc3ccc4c(c3)OCO4)c(=O)s2)cc1OC. The third-order valence-corrected chi connectivity index (χ3v) is 5.54. The molecule has 0 spiro atoms. The second kappa shape index (κ2) is 8.50. The number of ether oxygens (including phenoxy) is 4. The van der Waals surface area contributed by atoms with Crippen LogP contribution < -0.4 is 29.1 Å². The topological polar surface area (TPSA) is 88.0 Å². The molecular weight excluding hydrogens is 408 g/mol. The Bertz CT molecular complexity index is 1140. The maximum absolute atomic E-state index is 12.5. The summed E-state index contributed by atoms with van der Waals surface area (Å²) in [5.41, 5.74) is 1.74. The maximum atomic E-state index is 12.5. The van der Waals surface area contributed by atoms with Gasteiger partial charge in [-0.15, -0.1) is 0 Å². The number of methoxy groups -OCH3 is 2. The van der Waals surface area contributed by atoms with E-state index in [0.29, 0.717) is 41.0 Å². The van der Waals surface area contributed by atoms with Crippen LogP contribution in [0.1, 0.15) is 20.8 Å². The van der Waals surface area contributed by atoms with E-state index < -0.39 is 0 Å². The average molecular weight is 428 g/mol. The van der Waals surface area contributed by atoms with Crippen LogP contribution >= 0.6 is 11.3 Å². The molecule has 2 aromatic carbocycles. The molecule has 1 aromatic heterocycles. The zero-order valence-electron chi connectivity index (χ0n) is 16.5. The Kier molecular flexibility index (Phi) is 5.62. The van der Waals surface area contributed by atoms with Crippen molar-refractivity contribution in [3.05, 3.63) is 68.3 Å². The van der Waals surface area contributed by atoms with Gasteiger partial charge in [0.15, 0.2) is 23.0 Å². The molecule has 1 N–H and O–H groups in total. The van der Waals surface area contributed by atoms with Crippen LogP contribution in [0.25, 0.3) is 0 Å². The summed E-state index contributed by atoms with van der Waals surface area (Å²) >= 11 is 0.911. The van der Waals surface area contributed by atoms with Crippen LogP contribution in [-0.2, 0) is 13.1 Å². The molecule has 1 aliphatic rings. The highest BCUT2D eigenvalue weighted by molar-refractivity contribution is 7.11. The zero-order valence-corrected chi connectivity index (χ0v) is 17.3. The molecule has 30 heavy (non-hydrogen) atoms. The van der Waals surface area contributed by atoms with Gasteiger partial charge >= 0.3 is 4.87 Å². The summed E-state index contributed by atoms with van der Waals surface area (Å²) < 4.78 is 22.7. The molecule has 0 fully saturated rings. The molecule has 1 aliphatic heterocycles. The van der Waals surface area contributed by atoms with Crippen molar-refractivity contribution in [2.45, 2.75) is 13.1 Å². The number of thiazole rings is 1. The monoisotopic (exact) mass is 428 g/mol. The quantitative estimate of drug-likeness (QED) is 0.623. The van der Waals surface area contributed by atoms with E-state index in [1.165, 1.54) is 4.57 Å². The molecule has 2 heterocycles. The lowest BCUT2D eigenvalue weighted by Crippen LogP contribution is -2.22. The number of nitrogens with one attached hydrogen (secondary N) is 1. The first kappa shape index (κ1) is 19.8. The van der Waals surface area contributed by atoms with Gasteiger partial charge in [0, 0.05) is 12.7 Å². The second-order valence-corrected chi connectivity index (χ2v) is 7.54. The van der Waals surface area contributed by atoms with Crippen molar-refractivity contribution in [3.63, 3.8) is 0 Å². The highest BCUT2D eigenvalue weighted by Gasteiger charge is 2.16. The first-order valence-corrected chi connectivity index (χ1v) is 9.97. The van der Waals surface area contributed by atoms with Gasteiger partial charge in [-0.25, -0.2) is 0 Å². The molecular formula is C21H20N2O6S. The first-order valence-electron chi connectivity index (χ1n) is 9.15. The fourth-order valence-corrected chi connectivity index (χ4v) is 3.85. The number of hydrogen-bond donors (Lipinski definition) is 1. The minimum atomic E-state index is -0.309. The van der Waals surface area contributed by atoms with Crippen molar-refractivity contribution in [1.82, 2.24) is 9.88 Å². The summed E-state index contributed by atoms with van der Waals surface area (Å²) in [5, 5.41) is 2.83. The van der Waals surface area contributed by atoms with Gasteiger partial charge in [-0.3, -0.25) is 9.59 Å². The number of nitrogens with zero attached hydrogens (tertiary/aromatic N) is 1. The number of amides is 1. The number of rotatable bonds is 7. The lowest BCUT2D eigenvalue weighted by atomic mass is 10.2. The Labute approximate surface area is 176 Å². The summed E-state index contributed by atoms with van der Waals surface area (Å²) in [4.78, 5) is 25.0. The number of carbonyl (C=O) groups excluding carboxylic acids is 1. The number of hydrogen-bond acceptors (Lipinski definition) is 7. The molecule has 0 radical (unpaired) electrons. The summed E-state index contributed by atoms with van der Waals surface area (Å²) in [6, 6.07) is 10.9. The minimum absolute atomic E-state index is 0.196. The van der Waals surface area contributed by atoms with Crippen LogP contribution in [0.15, 0.2) is 47.4 Å². The van der Waals surface area contributed by atoms with E-state index in [1.54, 1.807) is 32.5 Å². The van der Waals surface area contributed by atoms with Crippen LogP contribution in [0.3, 0.4) is 0 Å². The Balaban J connectivity index is 1.42. The van der Waals surface area contributed by atoms with Crippen molar-refractivity contribution in [3.8, 4) is 23.0 Å². The fourth-order valence-electron chi connectivity index (χ4n) is 3.08. The lowest BCUT2D eigenvalue weighted by Gasteiger charge is -2.10. The zero-order chi connectivity index (χ0) is 21.1. The Hall–Kier alpha value is -3.46. The molecule has 9 heteroatoms. The molecule has 0 bridgehead atoms. The summed E-state index contributed by atoms with van der Waals surface area (Å²) in [6.45, 7) is 0.837. The largest absolute Gasteiger partial charge is 0.493 e. The van der Waals surface area contributed by atoms with Crippen molar-refractivity contribution in [2.24, 2.45) is 0 Å². The van der Waals surface area contributed by atoms with Crippen molar-refractivity contribution in [1.29, 1.82) is 0 Å². The van der Waals surface area contributed by atoms with E-state index >= 15 is 0 Å². The fraction of sp³-hybridized carbons (Fsp3) is 0.238. The third-order valence-electron chi connectivity index (χ3n) is 4.62. The van der Waals surface area contributed by atoms with E-state index in [4.69, 9.17) is 18.9 Å². The molecule has 1 amide bonds. The van der Waals surface area contributed by atoms with Gasteiger partial charge in [-0.1, -0.05) is 23.5 Å². The van der Waals surface area contributed by atoms with Crippen LogP contribution in [0.5, 0.6) is 23.0 Å². The Morgan fingerprint density at radius 3 is 2.63 bits per heavy atom. The third kappa shape index (κ3) is 4.11. The predicted octanol–water partition coefficient (Wildman–Crippen LogP) is 2.63. The van der Waals surface area contributed by atoms with E-state index in [1.807, 2.05) is 24.3 Å². The number of fused-ring (bicyclic) bond motifs is 1. The Morgan fingerprint density at radius 1 is 1.07 bits per heavy atom. The van der Waals surface area contributed by atoms with Crippen molar-refractivity contribution < 1.29 is 23.7 Å². The van der Waals surface area contributed by atoms with Crippen molar-refractivity contribution >= 4 is 17.2 Å². The van der Waals surface area contributed by atoms with Crippen LogP contribution in [0, 0.1) is 0 Å². The van der Waals surface area contributed by atoms with Crippen LogP contribution in [-0.4, -0.2) is 31.5 Å². The van der Waals surface area contributed by atoms with Gasteiger partial charge in [0.2, 0.25) is 6.79 Å². The maximum Gasteiger partial charge on any atom is 0.308 e. The normalized spacial score (nSPS) is 11.9. The molecule has 0 saturated heterocycles. The molecule has 4 rings (SSSR count). The molecule has 3 aromatic rings. The molecule has 0 aliphatic carbocycles. The second-order valence-electron chi connectivity index (χ2n) is 6.55. The first-order chi connectivity index (χ1) is 14.6. The molecule has 0 saturated carbocycles. The highest BCUT2D eigenvalue weighted by atomic mass is 32.1. The molecule has 0 unspecified atom stereocenters. The standard InChI is InChI=1S/C21H20N2O6S/c1-26-15-5-3-13(7-17(15)27-2)9-22-20(24)19-11-23(21(25)30-19)10-14-4-6-16-18(8-14)29-12-28-16/h3-8,11H,9-10,12H2,1-2H3,(H,22,24). The average Bonchev–Trinajstić information content (AvgIpc) is 3.38. The summed E-state index contributed by atoms with van der Waals surface area (Å²) in [5.74, 6) is 2.24. The van der Waals surface area contributed by atoms with Gasteiger partial charge in [-0.05, 0) is 35.4 Å². The van der Waals surface area contributed by atoms with Crippen LogP contribution in [0.2, 0.25) is 0 Å². The highest BCUT2D eigenvalue weighted by Crippen LogP contribution is 2.32. The van der Waals surface area contributed by atoms with Gasteiger partial charge in [0.25, 0.3) is 5.91 Å². The predicted molar refractivity (Wildman–Crippen MR) is 111 cm³/mol.